The van der Waals surface area contributed by atoms with E-state index in [2.05, 4.69) is 15.6 Å². The number of amides is 1. The van der Waals surface area contributed by atoms with E-state index in [1.165, 1.54) is 0 Å². The van der Waals surface area contributed by atoms with E-state index in [9.17, 15) is 35.5 Å². The van der Waals surface area contributed by atoms with Crippen molar-refractivity contribution in [3.8, 4) is 0 Å². The Morgan fingerprint density at radius 1 is 1.14 bits per heavy atom. The molecule has 0 saturated heterocycles. The fraction of sp³-hybridized carbons (Fsp3) is 0.500. The van der Waals surface area contributed by atoms with Gasteiger partial charge in [-0.05, 0) is 24.6 Å². The lowest BCUT2D eigenvalue weighted by molar-refractivity contribution is -0.157. The number of carbonyl (C=O) groups is 1. The van der Waals surface area contributed by atoms with Crippen LogP contribution in [-0.4, -0.2) is 49.6 Å². The van der Waals surface area contributed by atoms with Gasteiger partial charge in [-0.15, -0.1) is 24.0 Å². The Bertz CT molecular complexity index is 707. The molecule has 1 amide bonds. The quantitative estimate of drug-likeness (QED) is 0.250. The van der Waals surface area contributed by atoms with Gasteiger partial charge in [-0.3, -0.25) is 4.79 Å². The molecular formula is C16H20F7IN4O. The van der Waals surface area contributed by atoms with Crippen LogP contribution in [0.4, 0.5) is 30.7 Å². The molecule has 0 radical (unpaired) electrons. The maximum atomic E-state index is 13.1. The predicted molar refractivity (Wildman–Crippen MR) is 103 cm³/mol. The second kappa shape index (κ2) is 11.4. The molecule has 0 atom stereocenters. The molecule has 0 heterocycles. The van der Waals surface area contributed by atoms with Crippen LogP contribution in [0.3, 0.4) is 0 Å². The Balaban J connectivity index is 0.00000784. The van der Waals surface area contributed by atoms with Gasteiger partial charge in [0.25, 0.3) is 0 Å². The van der Waals surface area contributed by atoms with E-state index in [1.807, 2.05) is 0 Å². The molecule has 1 aromatic carbocycles. The Morgan fingerprint density at radius 3 is 2.28 bits per heavy atom. The normalized spacial score (nSPS) is 12.2. The minimum absolute atomic E-state index is 0. The van der Waals surface area contributed by atoms with Gasteiger partial charge in [0.15, 0.2) is 5.96 Å². The van der Waals surface area contributed by atoms with Gasteiger partial charge in [-0.25, -0.2) is 9.38 Å². The molecule has 0 aliphatic rings. The average Bonchev–Trinajstić information content (AvgIpc) is 2.55. The van der Waals surface area contributed by atoms with E-state index < -0.39 is 49.3 Å². The summed E-state index contributed by atoms with van der Waals surface area (Å²) in [5, 5.41) is 5.11. The molecule has 2 N–H and O–H groups in total. The first-order valence-corrected chi connectivity index (χ1v) is 8.02. The Labute approximate surface area is 179 Å². The summed E-state index contributed by atoms with van der Waals surface area (Å²) >= 11 is 0. The molecule has 0 spiro atoms. The average molecular weight is 544 g/mol. The van der Waals surface area contributed by atoms with Crippen LogP contribution in [0.5, 0.6) is 0 Å². The summed E-state index contributed by atoms with van der Waals surface area (Å²) < 4.78 is 89.0. The molecule has 1 aromatic rings. The van der Waals surface area contributed by atoms with Gasteiger partial charge in [0, 0.05) is 13.6 Å². The molecule has 0 saturated carbocycles. The summed E-state index contributed by atoms with van der Waals surface area (Å²) in [6.45, 7) is -0.543. The van der Waals surface area contributed by atoms with Crippen LogP contribution in [-0.2, 0) is 17.5 Å². The molecule has 0 aromatic heterocycles. The Morgan fingerprint density at radius 2 is 1.76 bits per heavy atom. The number of nitrogens with zero attached hydrogens (tertiary/aromatic N) is 2. The highest BCUT2D eigenvalue weighted by molar-refractivity contribution is 14.0. The van der Waals surface area contributed by atoms with Gasteiger partial charge < -0.3 is 15.5 Å². The number of likely N-dealkylation sites (N-methyl/N-ethyl adjacent to an activating group) is 1. The van der Waals surface area contributed by atoms with Crippen molar-refractivity contribution in [1.29, 1.82) is 0 Å². The van der Waals surface area contributed by atoms with Crippen LogP contribution in [0.2, 0.25) is 0 Å². The number of alkyl halides is 6. The number of carbonyl (C=O) groups excluding carboxylic acids is 1. The summed E-state index contributed by atoms with van der Waals surface area (Å²) in [7, 11) is 0.968. The van der Waals surface area contributed by atoms with Crippen molar-refractivity contribution in [3.05, 3.63) is 35.1 Å². The second-order valence-corrected chi connectivity index (χ2v) is 5.71. The van der Waals surface area contributed by atoms with Crippen molar-refractivity contribution in [2.24, 2.45) is 4.99 Å². The van der Waals surface area contributed by atoms with E-state index in [4.69, 9.17) is 0 Å². The van der Waals surface area contributed by atoms with Crippen molar-refractivity contribution in [1.82, 2.24) is 15.5 Å². The van der Waals surface area contributed by atoms with Crippen molar-refractivity contribution in [2.45, 2.75) is 25.8 Å². The molecule has 0 aliphatic heterocycles. The summed E-state index contributed by atoms with van der Waals surface area (Å²) in [6, 6.07) is 2.14. The first-order chi connectivity index (χ1) is 12.8. The molecular weight excluding hydrogens is 524 g/mol. The van der Waals surface area contributed by atoms with Crippen LogP contribution in [0.25, 0.3) is 0 Å². The second-order valence-electron chi connectivity index (χ2n) is 5.71. The third-order valence-electron chi connectivity index (χ3n) is 3.38. The third-order valence-corrected chi connectivity index (χ3v) is 3.38. The SMILES string of the molecule is CCNC(=NCc1ccc(F)cc1C(F)(F)F)NCC(=O)N(C)CC(F)(F)F.I. The lowest BCUT2D eigenvalue weighted by atomic mass is 10.1. The third kappa shape index (κ3) is 9.99. The minimum atomic E-state index is -4.78. The van der Waals surface area contributed by atoms with E-state index in [0.717, 1.165) is 19.2 Å². The van der Waals surface area contributed by atoms with E-state index in [1.54, 1.807) is 6.92 Å². The first-order valence-electron chi connectivity index (χ1n) is 8.02. The Hall–Kier alpha value is -1.80. The smallest absolute Gasteiger partial charge is 0.357 e. The Kier molecular flexibility index (Phi) is 10.7. The summed E-state index contributed by atoms with van der Waals surface area (Å²) in [5.41, 5.74) is -1.49. The van der Waals surface area contributed by atoms with Crippen molar-refractivity contribution in [2.75, 3.05) is 26.7 Å². The lowest BCUT2D eigenvalue weighted by Crippen LogP contribution is -2.45. The standard InChI is InChI=1S/C16H19F7N4O.HI/c1-3-24-14(26-8-13(28)27(2)9-15(18,19)20)25-7-10-4-5-11(17)6-12(10)16(21,22)23;/h4-6H,3,7-9H2,1-2H3,(H2,24,25,26);1H. The van der Waals surface area contributed by atoms with Gasteiger partial charge in [-0.1, -0.05) is 6.07 Å². The number of guanidine groups is 1. The first kappa shape index (κ1) is 27.2. The number of aliphatic imine (C=N–C) groups is 1. The fourth-order valence-electron chi connectivity index (χ4n) is 2.11. The zero-order valence-corrected chi connectivity index (χ0v) is 17.7. The monoisotopic (exact) mass is 544 g/mol. The molecule has 0 bridgehead atoms. The van der Waals surface area contributed by atoms with Crippen molar-refractivity contribution >= 4 is 35.8 Å². The minimum Gasteiger partial charge on any atom is -0.357 e. The molecule has 0 unspecified atom stereocenters. The molecule has 166 valence electrons. The number of halogens is 8. The van der Waals surface area contributed by atoms with Gasteiger partial charge in [0.1, 0.15) is 12.4 Å². The largest absolute Gasteiger partial charge is 0.416 e. The molecule has 5 nitrogen and oxygen atoms in total. The summed E-state index contributed by atoms with van der Waals surface area (Å²) in [6.07, 6.45) is -9.34. The molecule has 13 heteroatoms. The van der Waals surface area contributed by atoms with Crippen LogP contribution in [0, 0.1) is 5.82 Å². The molecule has 29 heavy (non-hydrogen) atoms. The van der Waals surface area contributed by atoms with Crippen LogP contribution < -0.4 is 10.6 Å². The number of nitrogens with one attached hydrogen (secondary N) is 2. The van der Waals surface area contributed by atoms with Crippen LogP contribution in [0.1, 0.15) is 18.1 Å². The topological polar surface area (TPSA) is 56.7 Å². The van der Waals surface area contributed by atoms with E-state index in [-0.39, 0.29) is 42.0 Å². The van der Waals surface area contributed by atoms with Gasteiger partial charge >= 0.3 is 12.4 Å². The van der Waals surface area contributed by atoms with Gasteiger partial charge in [0.05, 0.1) is 18.7 Å². The zero-order valence-electron chi connectivity index (χ0n) is 15.4. The highest BCUT2D eigenvalue weighted by Crippen LogP contribution is 2.32. The summed E-state index contributed by atoms with van der Waals surface area (Å²) in [4.78, 5) is 16.0. The highest BCUT2D eigenvalue weighted by atomic mass is 127. The van der Waals surface area contributed by atoms with Crippen molar-refractivity contribution in [3.63, 3.8) is 0 Å². The van der Waals surface area contributed by atoms with E-state index in [0.29, 0.717) is 11.0 Å². The number of hydrogen-bond donors (Lipinski definition) is 2. The highest BCUT2D eigenvalue weighted by Gasteiger charge is 2.34. The lowest BCUT2D eigenvalue weighted by Gasteiger charge is -2.20. The van der Waals surface area contributed by atoms with Crippen molar-refractivity contribution < 1.29 is 35.5 Å². The van der Waals surface area contributed by atoms with Crippen LogP contribution in [0.15, 0.2) is 23.2 Å². The van der Waals surface area contributed by atoms with Gasteiger partial charge in [0.2, 0.25) is 5.91 Å². The van der Waals surface area contributed by atoms with Gasteiger partial charge in [-0.2, -0.15) is 26.3 Å². The number of hydrogen-bond acceptors (Lipinski definition) is 2. The van der Waals surface area contributed by atoms with E-state index >= 15 is 0 Å². The fourth-order valence-corrected chi connectivity index (χ4v) is 2.11. The molecule has 0 aliphatic carbocycles. The molecule has 1 rings (SSSR count). The maximum Gasteiger partial charge on any atom is 0.416 e. The zero-order chi connectivity index (χ0) is 21.5. The van der Waals surface area contributed by atoms with Crippen LogP contribution >= 0.6 is 24.0 Å². The number of benzene rings is 1. The molecule has 0 fully saturated rings. The maximum absolute atomic E-state index is 13.1. The predicted octanol–water partition coefficient (Wildman–Crippen LogP) is 3.54. The number of rotatable bonds is 6. The summed E-state index contributed by atoms with van der Waals surface area (Å²) in [5.74, 6) is -2.02.